The predicted octanol–water partition coefficient (Wildman–Crippen LogP) is 4.51. The van der Waals surface area contributed by atoms with Crippen LogP contribution in [0, 0.1) is 10.5 Å². The van der Waals surface area contributed by atoms with Crippen LogP contribution in [0.4, 0.5) is 0 Å². The molecule has 0 aliphatic heterocycles. The zero-order valence-electron chi connectivity index (χ0n) is 17.1. The van der Waals surface area contributed by atoms with E-state index in [-0.39, 0.29) is 12.5 Å². The minimum Gasteiger partial charge on any atom is -0.437 e. The summed E-state index contributed by atoms with van der Waals surface area (Å²) < 4.78 is 29.6. The molecule has 7 nitrogen and oxygen atoms in total. The van der Waals surface area contributed by atoms with Gasteiger partial charge in [0.25, 0.3) is 5.91 Å². The number of benzene rings is 1. The summed E-state index contributed by atoms with van der Waals surface area (Å²) in [5.41, 5.74) is 3.29. The zero-order chi connectivity index (χ0) is 21.8. The van der Waals surface area contributed by atoms with Gasteiger partial charge in [-0.15, -0.1) is 0 Å². The molecule has 1 aromatic carbocycles. The lowest BCUT2D eigenvalue weighted by atomic mass is 10.0. The van der Waals surface area contributed by atoms with Crippen molar-refractivity contribution in [2.75, 3.05) is 13.6 Å². The molecule has 2 N–H and O–H groups in total. The van der Waals surface area contributed by atoms with Crippen LogP contribution in [0.2, 0.25) is 0 Å². The van der Waals surface area contributed by atoms with Crippen molar-refractivity contribution in [1.82, 2.24) is 14.6 Å². The van der Waals surface area contributed by atoms with Gasteiger partial charge in [-0.05, 0) is 42.0 Å². The highest BCUT2D eigenvalue weighted by Crippen LogP contribution is 2.34. The van der Waals surface area contributed by atoms with E-state index in [1.165, 1.54) is 4.31 Å². The summed E-state index contributed by atoms with van der Waals surface area (Å²) >= 11 is 0.0483. The molecule has 0 aliphatic carbocycles. The van der Waals surface area contributed by atoms with Crippen LogP contribution in [-0.2, 0) is 17.8 Å². The van der Waals surface area contributed by atoms with E-state index in [0.717, 1.165) is 27.5 Å². The molecule has 2 heterocycles. The van der Waals surface area contributed by atoms with Crippen molar-refractivity contribution in [3.8, 4) is 11.3 Å². The van der Waals surface area contributed by atoms with Crippen LogP contribution in [0.3, 0.4) is 0 Å². The number of aryl methyl sites for hydroxylation is 1. The summed E-state index contributed by atoms with van der Waals surface area (Å²) in [5, 5.41) is 3.29. The Bertz CT molecular complexity index is 1080. The van der Waals surface area contributed by atoms with Gasteiger partial charge in [-0.25, -0.2) is 9.19 Å². The Hall–Kier alpha value is -1.82. The van der Waals surface area contributed by atoms with Gasteiger partial charge in [0.2, 0.25) is 17.0 Å². The molecule has 0 saturated heterocycles. The Morgan fingerprint density at radius 2 is 2.03 bits per heavy atom. The van der Waals surface area contributed by atoms with E-state index in [0.29, 0.717) is 34.7 Å². The number of nitrogens with one attached hydrogen (secondary N) is 1. The van der Waals surface area contributed by atoms with Crippen molar-refractivity contribution in [3.63, 3.8) is 0 Å². The highest BCUT2D eigenvalue weighted by molar-refractivity contribution is 14.1. The lowest BCUT2D eigenvalue weighted by molar-refractivity contribution is 0.0964. The number of hydrogen-bond acceptors (Lipinski definition) is 4. The van der Waals surface area contributed by atoms with Crippen LogP contribution in [-0.4, -0.2) is 37.6 Å². The molecule has 1 amide bonds. The number of carbonyl (C=O) groups is 1. The number of rotatable bonds is 8. The molecular formula is C21H24IN3O4S. The number of unbranched alkanes of at least 4 members (excludes halogenated alkanes) is 1. The molecule has 0 saturated carbocycles. The van der Waals surface area contributed by atoms with Gasteiger partial charge in [0.1, 0.15) is 5.76 Å². The fourth-order valence-corrected chi connectivity index (χ4v) is 4.24. The SMILES string of the molecule is CCCCN(Cc1nc2oc(-c3ccc(C)cc3)c(C(=O)NC)c2cc1I)S(=O)O. The Balaban J connectivity index is 2.10. The van der Waals surface area contributed by atoms with Crippen LogP contribution < -0.4 is 5.32 Å². The third-order valence-corrected chi connectivity index (χ3v) is 6.47. The van der Waals surface area contributed by atoms with Gasteiger partial charge >= 0.3 is 0 Å². The number of furan rings is 1. The van der Waals surface area contributed by atoms with E-state index in [2.05, 4.69) is 32.9 Å². The lowest BCUT2D eigenvalue weighted by Gasteiger charge is -2.17. The topological polar surface area (TPSA) is 95.7 Å². The first-order valence-corrected chi connectivity index (χ1v) is 11.8. The number of halogens is 1. The smallest absolute Gasteiger partial charge is 0.255 e. The molecular weight excluding hydrogens is 517 g/mol. The quantitative estimate of drug-likeness (QED) is 0.324. The number of amides is 1. The van der Waals surface area contributed by atoms with Gasteiger partial charge in [-0.2, -0.15) is 4.31 Å². The van der Waals surface area contributed by atoms with Gasteiger partial charge in [-0.1, -0.05) is 43.2 Å². The Kier molecular flexibility index (Phi) is 7.61. The molecule has 3 aromatic rings. The summed E-state index contributed by atoms with van der Waals surface area (Å²) in [4.78, 5) is 17.3. The molecule has 9 heteroatoms. The monoisotopic (exact) mass is 541 g/mol. The van der Waals surface area contributed by atoms with Crippen molar-refractivity contribution < 1.29 is 18.0 Å². The molecule has 0 radical (unpaired) electrons. The van der Waals surface area contributed by atoms with Crippen molar-refractivity contribution in [2.45, 2.75) is 33.2 Å². The summed E-state index contributed by atoms with van der Waals surface area (Å²) in [6.07, 6.45) is 1.73. The Morgan fingerprint density at radius 3 is 2.63 bits per heavy atom. The Labute approximate surface area is 191 Å². The third kappa shape index (κ3) is 4.90. The second-order valence-corrected chi connectivity index (χ2v) is 9.11. The maximum atomic E-state index is 12.6. The van der Waals surface area contributed by atoms with Gasteiger partial charge in [-0.3, -0.25) is 9.35 Å². The molecule has 160 valence electrons. The van der Waals surface area contributed by atoms with Gasteiger partial charge in [0.05, 0.1) is 23.2 Å². The van der Waals surface area contributed by atoms with Crippen LogP contribution >= 0.6 is 22.6 Å². The summed E-state index contributed by atoms with van der Waals surface area (Å²) in [6.45, 7) is 4.73. The minimum absolute atomic E-state index is 0.215. The van der Waals surface area contributed by atoms with Crippen LogP contribution in [0.5, 0.6) is 0 Å². The summed E-state index contributed by atoms with van der Waals surface area (Å²) in [7, 11) is 1.58. The highest BCUT2D eigenvalue weighted by atomic mass is 127. The first-order valence-electron chi connectivity index (χ1n) is 9.62. The number of aromatic nitrogens is 1. The third-order valence-electron chi connectivity index (χ3n) is 4.78. The number of carbonyl (C=O) groups excluding carboxylic acids is 1. The predicted molar refractivity (Wildman–Crippen MR) is 126 cm³/mol. The summed E-state index contributed by atoms with van der Waals surface area (Å²) in [5.74, 6) is 0.203. The number of nitrogens with zero attached hydrogens (tertiary/aromatic N) is 2. The molecule has 30 heavy (non-hydrogen) atoms. The molecule has 0 aliphatic rings. The molecule has 1 atom stereocenters. The largest absolute Gasteiger partial charge is 0.437 e. The van der Waals surface area contributed by atoms with Crippen LogP contribution in [0.1, 0.15) is 41.4 Å². The first kappa shape index (κ1) is 22.9. The van der Waals surface area contributed by atoms with Crippen molar-refractivity contribution in [3.05, 3.63) is 50.7 Å². The highest BCUT2D eigenvalue weighted by Gasteiger charge is 2.24. The van der Waals surface area contributed by atoms with Crippen LogP contribution in [0.15, 0.2) is 34.7 Å². The van der Waals surface area contributed by atoms with Gasteiger partial charge in [0, 0.05) is 22.7 Å². The maximum Gasteiger partial charge on any atom is 0.255 e. The second-order valence-electron chi connectivity index (χ2n) is 6.97. The van der Waals surface area contributed by atoms with E-state index in [9.17, 15) is 13.6 Å². The minimum atomic E-state index is -2.09. The van der Waals surface area contributed by atoms with Crippen molar-refractivity contribution in [1.29, 1.82) is 0 Å². The average molecular weight is 541 g/mol. The molecule has 2 aromatic heterocycles. The fourth-order valence-electron chi connectivity index (χ4n) is 3.12. The van der Waals surface area contributed by atoms with E-state index < -0.39 is 11.3 Å². The molecule has 0 spiro atoms. The second kappa shape index (κ2) is 9.99. The standard InChI is InChI=1S/C21H24IN3O4S/c1-4-5-10-25(30(27)28)12-17-16(22)11-15-18(20(26)23-3)19(29-21(15)24-17)14-8-6-13(2)7-9-14/h6-9,11H,4-5,10,12H2,1-3H3,(H,23,26)(H,27,28). The lowest BCUT2D eigenvalue weighted by Crippen LogP contribution is -2.27. The first-order chi connectivity index (χ1) is 14.3. The van der Waals surface area contributed by atoms with Crippen LogP contribution in [0.25, 0.3) is 22.4 Å². The van der Waals surface area contributed by atoms with Crippen molar-refractivity contribution >= 4 is 50.9 Å². The Morgan fingerprint density at radius 1 is 1.33 bits per heavy atom. The molecule has 1 unspecified atom stereocenters. The van der Waals surface area contributed by atoms with Crippen molar-refractivity contribution in [2.24, 2.45) is 0 Å². The molecule has 0 fully saturated rings. The zero-order valence-corrected chi connectivity index (χ0v) is 20.0. The van der Waals surface area contributed by atoms with E-state index in [4.69, 9.17) is 4.42 Å². The van der Waals surface area contributed by atoms with E-state index >= 15 is 0 Å². The number of hydrogen-bond donors (Lipinski definition) is 2. The van der Waals surface area contributed by atoms with Gasteiger partial charge in [0.15, 0.2) is 0 Å². The maximum absolute atomic E-state index is 12.6. The number of fused-ring (bicyclic) bond motifs is 1. The normalized spacial score (nSPS) is 12.5. The fraction of sp³-hybridized carbons (Fsp3) is 0.333. The molecule has 3 rings (SSSR count). The van der Waals surface area contributed by atoms with E-state index in [1.54, 1.807) is 7.05 Å². The number of pyridine rings is 1. The summed E-state index contributed by atoms with van der Waals surface area (Å²) in [6, 6.07) is 9.59. The van der Waals surface area contributed by atoms with E-state index in [1.807, 2.05) is 44.2 Å². The molecule has 0 bridgehead atoms. The van der Waals surface area contributed by atoms with Gasteiger partial charge < -0.3 is 9.73 Å². The average Bonchev–Trinajstić information content (AvgIpc) is 3.08.